The number of carbonyl (C=O) groups is 1. The highest BCUT2D eigenvalue weighted by molar-refractivity contribution is 5.69. The Morgan fingerprint density at radius 1 is 1.23 bits per heavy atom. The molecule has 0 saturated heterocycles. The first kappa shape index (κ1) is 20.2. The van der Waals surface area contributed by atoms with Gasteiger partial charge in [-0.05, 0) is 43.5 Å². The number of hydrogen-bond donors (Lipinski definition) is 1. The van der Waals surface area contributed by atoms with Gasteiger partial charge >= 0.3 is 12.1 Å². The van der Waals surface area contributed by atoms with E-state index in [4.69, 9.17) is 0 Å². The quantitative estimate of drug-likeness (QED) is 0.616. The van der Waals surface area contributed by atoms with Gasteiger partial charge in [-0.1, -0.05) is 12.5 Å². The number of carbonyl (C=O) groups excluding carboxylic acids is 1. The summed E-state index contributed by atoms with van der Waals surface area (Å²) >= 11 is 0. The molecule has 0 radical (unpaired) electrons. The van der Waals surface area contributed by atoms with Crippen LogP contribution < -0.4 is 10.1 Å². The second kappa shape index (κ2) is 7.97. The van der Waals surface area contributed by atoms with Crippen molar-refractivity contribution in [3.63, 3.8) is 0 Å². The molecule has 2 atom stereocenters. The van der Waals surface area contributed by atoms with Gasteiger partial charge in [0.25, 0.3) is 0 Å². The Bertz CT molecular complexity index is 1060. The van der Waals surface area contributed by atoms with Gasteiger partial charge in [-0.15, -0.1) is 0 Å². The number of pyridine rings is 1. The minimum absolute atomic E-state index is 0.0000676. The van der Waals surface area contributed by atoms with Gasteiger partial charge in [0.1, 0.15) is 5.56 Å². The lowest BCUT2D eigenvalue weighted by Gasteiger charge is -2.30. The number of alkyl halides is 3. The van der Waals surface area contributed by atoms with Crippen molar-refractivity contribution >= 4 is 17.4 Å². The van der Waals surface area contributed by atoms with Crippen LogP contribution in [-0.4, -0.2) is 26.4 Å². The SMILES string of the molecule is CC(=O)Oc1nc(N[C@@H]2CCC[C@H](c3ccc4ccccn34)C2)ncc1C(F)(F)F. The van der Waals surface area contributed by atoms with Gasteiger partial charge in [-0.2, -0.15) is 18.2 Å². The van der Waals surface area contributed by atoms with Crippen LogP contribution in [-0.2, 0) is 11.0 Å². The van der Waals surface area contributed by atoms with Crippen molar-refractivity contribution in [2.24, 2.45) is 0 Å². The molecule has 0 amide bonds. The summed E-state index contributed by atoms with van der Waals surface area (Å²) in [6.45, 7) is 1.03. The van der Waals surface area contributed by atoms with Crippen molar-refractivity contribution in [3.05, 3.63) is 54.0 Å². The molecular formula is C21H21F3N4O2. The molecule has 9 heteroatoms. The largest absolute Gasteiger partial charge is 0.423 e. The molecular weight excluding hydrogens is 397 g/mol. The molecule has 0 spiro atoms. The summed E-state index contributed by atoms with van der Waals surface area (Å²) in [5.41, 5.74) is 1.16. The fourth-order valence-electron chi connectivity index (χ4n) is 4.03. The highest BCUT2D eigenvalue weighted by Gasteiger charge is 2.37. The fourth-order valence-corrected chi connectivity index (χ4v) is 4.03. The second-order valence-corrected chi connectivity index (χ2v) is 7.46. The maximum absolute atomic E-state index is 13.1. The predicted molar refractivity (Wildman–Crippen MR) is 104 cm³/mol. The molecule has 30 heavy (non-hydrogen) atoms. The number of nitrogens with zero attached hydrogens (tertiary/aromatic N) is 3. The first-order valence-corrected chi connectivity index (χ1v) is 9.76. The van der Waals surface area contributed by atoms with Crippen LogP contribution in [0.3, 0.4) is 0 Å². The number of halogens is 3. The van der Waals surface area contributed by atoms with Crippen molar-refractivity contribution < 1.29 is 22.7 Å². The van der Waals surface area contributed by atoms with Gasteiger partial charge < -0.3 is 14.5 Å². The summed E-state index contributed by atoms with van der Waals surface area (Å²) < 4.78 is 46.2. The lowest BCUT2D eigenvalue weighted by atomic mass is 9.84. The summed E-state index contributed by atoms with van der Waals surface area (Å²) in [5.74, 6) is -1.33. The number of fused-ring (bicyclic) bond motifs is 1. The topological polar surface area (TPSA) is 68.5 Å². The standard InChI is InChI=1S/C21H21F3N4O2/c1-13(29)30-19-17(21(22,23)24)12-25-20(27-19)26-15-6-4-5-14(11-15)18-9-8-16-7-2-3-10-28(16)18/h2-3,7-10,12,14-15H,4-6,11H2,1H3,(H,25,26,27)/t14-,15+/m0/s1. The summed E-state index contributed by atoms with van der Waals surface area (Å²) in [7, 11) is 0. The average molecular weight is 418 g/mol. The van der Waals surface area contributed by atoms with Crippen LogP contribution in [0.5, 0.6) is 5.88 Å². The third kappa shape index (κ3) is 4.24. The summed E-state index contributed by atoms with van der Waals surface area (Å²) in [6, 6.07) is 10.2. The number of rotatable bonds is 4. The van der Waals surface area contributed by atoms with E-state index < -0.39 is 23.6 Å². The molecule has 158 valence electrons. The van der Waals surface area contributed by atoms with Gasteiger partial charge in [-0.25, -0.2) is 4.98 Å². The fraction of sp³-hybridized carbons (Fsp3) is 0.381. The van der Waals surface area contributed by atoms with Gasteiger partial charge in [0.15, 0.2) is 0 Å². The first-order valence-electron chi connectivity index (χ1n) is 9.76. The van der Waals surface area contributed by atoms with E-state index in [2.05, 4.69) is 42.6 Å². The molecule has 3 aromatic rings. The normalized spacial score (nSPS) is 19.6. The maximum atomic E-state index is 13.1. The minimum Gasteiger partial charge on any atom is -0.407 e. The third-order valence-corrected chi connectivity index (χ3v) is 5.32. The van der Waals surface area contributed by atoms with Crippen LogP contribution in [0.15, 0.2) is 42.7 Å². The van der Waals surface area contributed by atoms with Crippen molar-refractivity contribution in [3.8, 4) is 5.88 Å². The molecule has 0 bridgehead atoms. The van der Waals surface area contributed by atoms with Gasteiger partial charge in [-0.3, -0.25) is 4.79 Å². The number of anilines is 1. The third-order valence-electron chi connectivity index (χ3n) is 5.32. The smallest absolute Gasteiger partial charge is 0.407 e. The molecule has 1 fully saturated rings. The lowest BCUT2D eigenvalue weighted by molar-refractivity contribution is -0.142. The van der Waals surface area contributed by atoms with Crippen LogP contribution in [0, 0.1) is 0 Å². The number of ether oxygens (including phenoxy) is 1. The molecule has 4 rings (SSSR count). The first-order chi connectivity index (χ1) is 14.3. The average Bonchev–Trinajstić information content (AvgIpc) is 3.11. The zero-order valence-electron chi connectivity index (χ0n) is 16.3. The second-order valence-electron chi connectivity index (χ2n) is 7.46. The number of nitrogens with one attached hydrogen (secondary N) is 1. The molecule has 1 saturated carbocycles. The van der Waals surface area contributed by atoms with E-state index in [0.717, 1.165) is 38.1 Å². The Kier molecular flexibility index (Phi) is 5.36. The number of hydrogen-bond acceptors (Lipinski definition) is 5. The van der Waals surface area contributed by atoms with Crippen molar-refractivity contribution in [1.82, 2.24) is 14.4 Å². The van der Waals surface area contributed by atoms with E-state index in [1.807, 2.05) is 18.3 Å². The van der Waals surface area contributed by atoms with Crippen molar-refractivity contribution in [1.29, 1.82) is 0 Å². The molecule has 0 unspecified atom stereocenters. The summed E-state index contributed by atoms with van der Waals surface area (Å²) in [4.78, 5) is 18.8. The van der Waals surface area contributed by atoms with Crippen molar-refractivity contribution in [2.75, 3.05) is 5.32 Å². The van der Waals surface area contributed by atoms with E-state index in [-0.39, 0.29) is 12.0 Å². The Balaban J connectivity index is 1.53. The van der Waals surface area contributed by atoms with E-state index in [9.17, 15) is 18.0 Å². The predicted octanol–water partition coefficient (Wildman–Crippen LogP) is 4.81. The molecule has 0 aliphatic heterocycles. The monoisotopic (exact) mass is 418 g/mol. The van der Waals surface area contributed by atoms with Gasteiger partial charge in [0, 0.05) is 42.5 Å². The van der Waals surface area contributed by atoms with E-state index >= 15 is 0 Å². The molecule has 0 aromatic carbocycles. The van der Waals surface area contributed by atoms with Gasteiger partial charge in [0.05, 0.1) is 0 Å². The van der Waals surface area contributed by atoms with Crippen LogP contribution in [0.25, 0.3) is 5.52 Å². The molecule has 6 nitrogen and oxygen atoms in total. The molecule has 3 heterocycles. The summed E-state index contributed by atoms with van der Waals surface area (Å²) in [5, 5.41) is 3.12. The summed E-state index contributed by atoms with van der Waals surface area (Å²) in [6.07, 6.45) is 1.63. The van der Waals surface area contributed by atoms with Crippen LogP contribution in [0.4, 0.5) is 19.1 Å². The molecule has 1 N–H and O–H groups in total. The number of esters is 1. The highest BCUT2D eigenvalue weighted by atomic mass is 19.4. The Morgan fingerprint density at radius 2 is 2.07 bits per heavy atom. The van der Waals surface area contributed by atoms with E-state index in [1.165, 1.54) is 5.69 Å². The molecule has 1 aliphatic carbocycles. The van der Waals surface area contributed by atoms with Crippen LogP contribution >= 0.6 is 0 Å². The molecule has 3 aromatic heterocycles. The van der Waals surface area contributed by atoms with Crippen LogP contribution in [0.1, 0.15) is 49.8 Å². The Labute approximate surface area is 171 Å². The van der Waals surface area contributed by atoms with Crippen molar-refractivity contribution in [2.45, 2.75) is 50.7 Å². The van der Waals surface area contributed by atoms with Crippen LogP contribution in [0.2, 0.25) is 0 Å². The Morgan fingerprint density at radius 3 is 2.83 bits per heavy atom. The lowest BCUT2D eigenvalue weighted by Crippen LogP contribution is -2.28. The Hall–Kier alpha value is -3.10. The minimum atomic E-state index is -4.71. The zero-order valence-corrected chi connectivity index (χ0v) is 16.3. The van der Waals surface area contributed by atoms with E-state index in [1.54, 1.807) is 0 Å². The maximum Gasteiger partial charge on any atom is 0.423 e. The van der Waals surface area contributed by atoms with E-state index in [0.29, 0.717) is 12.1 Å². The number of aromatic nitrogens is 3. The zero-order chi connectivity index (χ0) is 21.3. The molecule has 1 aliphatic rings. The van der Waals surface area contributed by atoms with Gasteiger partial charge in [0.2, 0.25) is 11.8 Å². The highest BCUT2D eigenvalue weighted by Crippen LogP contribution is 2.37.